The van der Waals surface area contributed by atoms with Crippen molar-refractivity contribution in [3.63, 3.8) is 0 Å². The Morgan fingerprint density at radius 3 is 2.68 bits per heavy atom. The molecule has 1 saturated heterocycles. The molecule has 0 radical (unpaired) electrons. The van der Waals surface area contributed by atoms with Crippen molar-refractivity contribution in [2.45, 2.75) is 44.5 Å². The minimum atomic E-state index is -0.0611. The molecule has 3 rings (SSSR count). The van der Waals surface area contributed by atoms with Crippen LogP contribution in [0.15, 0.2) is 24.3 Å². The summed E-state index contributed by atoms with van der Waals surface area (Å²) in [4.78, 5) is 28.8. The number of amides is 2. The fourth-order valence-corrected chi connectivity index (χ4v) is 4.91. The molecule has 1 aliphatic carbocycles. The van der Waals surface area contributed by atoms with Crippen molar-refractivity contribution < 1.29 is 9.59 Å². The second kappa shape index (κ2) is 8.00. The van der Waals surface area contributed by atoms with E-state index in [2.05, 4.69) is 0 Å². The van der Waals surface area contributed by atoms with Gasteiger partial charge in [-0.3, -0.25) is 9.59 Å². The molecule has 1 aliphatic heterocycles. The standard InChI is InChI=1S/C19H25ClN2O2S/c1-13(2)21(18(24)14-6-5-7-14)10-11-22-17(23)12-25-19(22)15-8-3-4-9-16(15)20/h3-4,8-9,13-14,19H,5-7,10-12H2,1-2H3/t19-/m0/s1. The zero-order valence-corrected chi connectivity index (χ0v) is 16.4. The van der Waals surface area contributed by atoms with E-state index in [1.165, 1.54) is 0 Å². The minimum Gasteiger partial charge on any atom is -0.338 e. The summed E-state index contributed by atoms with van der Waals surface area (Å²) in [6, 6.07) is 7.83. The summed E-state index contributed by atoms with van der Waals surface area (Å²) >= 11 is 7.94. The summed E-state index contributed by atoms with van der Waals surface area (Å²) in [5, 5.41) is 0.625. The summed E-state index contributed by atoms with van der Waals surface area (Å²) in [6.07, 6.45) is 3.16. The number of hydrogen-bond acceptors (Lipinski definition) is 3. The summed E-state index contributed by atoms with van der Waals surface area (Å²) < 4.78 is 0. The Morgan fingerprint density at radius 1 is 1.36 bits per heavy atom. The molecular weight excluding hydrogens is 356 g/mol. The third-order valence-corrected chi connectivity index (χ3v) is 6.66. The first kappa shape index (κ1) is 18.6. The van der Waals surface area contributed by atoms with Gasteiger partial charge in [0.1, 0.15) is 5.37 Å². The van der Waals surface area contributed by atoms with Crippen LogP contribution in [0.2, 0.25) is 5.02 Å². The first-order valence-electron chi connectivity index (χ1n) is 8.95. The topological polar surface area (TPSA) is 40.6 Å². The fraction of sp³-hybridized carbons (Fsp3) is 0.579. The lowest BCUT2D eigenvalue weighted by molar-refractivity contribution is -0.141. The van der Waals surface area contributed by atoms with Gasteiger partial charge in [-0.2, -0.15) is 0 Å². The van der Waals surface area contributed by atoms with Crippen LogP contribution in [0.25, 0.3) is 0 Å². The highest BCUT2D eigenvalue weighted by Crippen LogP contribution is 2.41. The Hall–Kier alpha value is -1.20. The molecule has 6 heteroatoms. The summed E-state index contributed by atoms with van der Waals surface area (Å²) in [5.41, 5.74) is 0.974. The summed E-state index contributed by atoms with van der Waals surface area (Å²) in [5.74, 6) is 1.02. The quantitative estimate of drug-likeness (QED) is 0.750. The Kier molecular flexibility index (Phi) is 5.95. The van der Waals surface area contributed by atoms with Gasteiger partial charge in [0.25, 0.3) is 0 Å². The number of nitrogens with zero attached hydrogens (tertiary/aromatic N) is 2. The molecule has 1 aromatic rings. The molecule has 0 aromatic heterocycles. The molecule has 2 aliphatic rings. The van der Waals surface area contributed by atoms with Crippen molar-refractivity contribution in [3.05, 3.63) is 34.9 Å². The molecule has 0 bridgehead atoms. The molecule has 0 N–H and O–H groups in total. The van der Waals surface area contributed by atoms with Gasteiger partial charge in [0, 0.05) is 35.6 Å². The van der Waals surface area contributed by atoms with Crippen molar-refractivity contribution >= 4 is 35.2 Å². The predicted molar refractivity (Wildman–Crippen MR) is 103 cm³/mol. The van der Waals surface area contributed by atoms with E-state index in [1.807, 2.05) is 47.9 Å². The van der Waals surface area contributed by atoms with E-state index in [-0.39, 0.29) is 29.1 Å². The molecule has 1 heterocycles. The van der Waals surface area contributed by atoms with E-state index in [4.69, 9.17) is 11.6 Å². The molecule has 25 heavy (non-hydrogen) atoms. The van der Waals surface area contributed by atoms with Crippen LogP contribution in [-0.4, -0.2) is 46.5 Å². The number of benzene rings is 1. The third kappa shape index (κ3) is 3.98. The molecule has 4 nitrogen and oxygen atoms in total. The normalized spacial score (nSPS) is 20.9. The highest BCUT2D eigenvalue weighted by Gasteiger charge is 2.35. The maximum Gasteiger partial charge on any atom is 0.233 e. The van der Waals surface area contributed by atoms with Crippen LogP contribution in [0.1, 0.15) is 44.0 Å². The first-order valence-corrected chi connectivity index (χ1v) is 10.4. The zero-order chi connectivity index (χ0) is 18.0. The molecule has 1 atom stereocenters. The van der Waals surface area contributed by atoms with E-state index in [0.29, 0.717) is 23.9 Å². The average Bonchev–Trinajstić information content (AvgIpc) is 2.87. The second-order valence-electron chi connectivity index (χ2n) is 7.03. The van der Waals surface area contributed by atoms with Gasteiger partial charge in [0.2, 0.25) is 11.8 Å². The molecular formula is C19H25ClN2O2S. The molecule has 1 aromatic carbocycles. The number of halogens is 1. The number of carbonyl (C=O) groups excluding carboxylic acids is 2. The number of carbonyl (C=O) groups is 2. The Morgan fingerprint density at radius 2 is 2.08 bits per heavy atom. The lowest BCUT2D eigenvalue weighted by Gasteiger charge is -2.36. The Labute approximate surface area is 158 Å². The maximum absolute atomic E-state index is 12.7. The average molecular weight is 381 g/mol. The Bertz CT molecular complexity index is 648. The smallest absolute Gasteiger partial charge is 0.233 e. The van der Waals surface area contributed by atoms with Crippen LogP contribution in [0.4, 0.5) is 0 Å². The van der Waals surface area contributed by atoms with E-state index in [1.54, 1.807) is 11.8 Å². The lowest BCUT2D eigenvalue weighted by Crippen LogP contribution is -2.47. The van der Waals surface area contributed by atoms with Crippen molar-refractivity contribution in [3.8, 4) is 0 Å². The van der Waals surface area contributed by atoms with Crippen LogP contribution in [0, 0.1) is 5.92 Å². The van der Waals surface area contributed by atoms with Gasteiger partial charge < -0.3 is 9.80 Å². The van der Waals surface area contributed by atoms with E-state index in [9.17, 15) is 9.59 Å². The van der Waals surface area contributed by atoms with Crippen molar-refractivity contribution in [2.24, 2.45) is 5.92 Å². The van der Waals surface area contributed by atoms with Gasteiger partial charge in [0.15, 0.2) is 0 Å². The lowest BCUT2D eigenvalue weighted by atomic mass is 9.84. The molecule has 2 amide bonds. The monoisotopic (exact) mass is 380 g/mol. The van der Waals surface area contributed by atoms with Gasteiger partial charge in [-0.25, -0.2) is 0 Å². The second-order valence-corrected chi connectivity index (χ2v) is 8.50. The molecule has 136 valence electrons. The summed E-state index contributed by atoms with van der Waals surface area (Å²) in [7, 11) is 0. The SMILES string of the molecule is CC(C)N(CCN1C(=O)CS[C@H]1c1ccccc1Cl)C(=O)C1CCC1. The van der Waals surface area contributed by atoms with E-state index in [0.717, 1.165) is 24.8 Å². The zero-order valence-electron chi connectivity index (χ0n) is 14.8. The highest BCUT2D eigenvalue weighted by molar-refractivity contribution is 8.00. The van der Waals surface area contributed by atoms with Crippen LogP contribution in [0.3, 0.4) is 0 Å². The first-order chi connectivity index (χ1) is 12.0. The number of rotatable bonds is 6. The van der Waals surface area contributed by atoms with Crippen LogP contribution >= 0.6 is 23.4 Å². The van der Waals surface area contributed by atoms with Crippen LogP contribution in [-0.2, 0) is 9.59 Å². The third-order valence-electron chi connectivity index (χ3n) is 5.08. The van der Waals surface area contributed by atoms with Crippen molar-refractivity contribution in [1.29, 1.82) is 0 Å². The minimum absolute atomic E-state index is 0.0611. The van der Waals surface area contributed by atoms with Gasteiger partial charge in [0.05, 0.1) is 5.75 Å². The van der Waals surface area contributed by atoms with Crippen molar-refractivity contribution in [1.82, 2.24) is 9.80 Å². The molecule has 1 saturated carbocycles. The maximum atomic E-state index is 12.7. The van der Waals surface area contributed by atoms with Gasteiger partial charge >= 0.3 is 0 Å². The number of thioether (sulfide) groups is 1. The predicted octanol–water partition coefficient (Wildman–Crippen LogP) is 3.95. The van der Waals surface area contributed by atoms with Gasteiger partial charge in [-0.05, 0) is 32.8 Å². The van der Waals surface area contributed by atoms with Crippen LogP contribution < -0.4 is 0 Å². The molecule has 0 unspecified atom stereocenters. The fourth-order valence-electron chi connectivity index (χ4n) is 3.36. The van der Waals surface area contributed by atoms with Gasteiger partial charge in [-0.15, -0.1) is 11.8 Å². The summed E-state index contributed by atoms with van der Waals surface area (Å²) in [6.45, 7) is 5.23. The largest absolute Gasteiger partial charge is 0.338 e. The highest BCUT2D eigenvalue weighted by atomic mass is 35.5. The van der Waals surface area contributed by atoms with E-state index >= 15 is 0 Å². The number of hydrogen-bond donors (Lipinski definition) is 0. The molecule has 2 fully saturated rings. The van der Waals surface area contributed by atoms with Crippen LogP contribution in [0.5, 0.6) is 0 Å². The van der Waals surface area contributed by atoms with Gasteiger partial charge in [-0.1, -0.05) is 36.2 Å². The van der Waals surface area contributed by atoms with Crippen molar-refractivity contribution in [2.75, 3.05) is 18.8 Å². The molecule has 0 spiro atoms. The Balaban J connectivity index is 1.69. The van der Waals surface area contributed by atoms with E-state index < -0.39 is 0 Å².